The second-order valence-electron chi connectivity index (χ2n) is 5.75. The standard InChI is InChI=1S/C19H21ClN2OS2/c1-3-22(4-2)15(13-9-10-24-12-13)11-21-19(23)18-17(20)14-7-5-6-8-16(14)25-18/h5-10,12,15H,3-4,11H2,1-2H3,(H,21,23). The number of halogens is 1. The Morgan fingerprint density at radius 3 is 2.64 bits per heavy atom. The van der Waals surface area contributed by atoms with Crippen molar-refractivity contribution in [3.05, 3.63) is 56.6 Å². The number of hydrogen-bond donors (Lipinski definition) is 1. The molecule has 0 bridgehead atoms. The number of nitrogens with one attached hydrogen (secondary N) is 1. The maximum atomic E-state index is 12.7. The molecule has 132 valence electrons. The van der Waals surface area contributed by atoms with Gasteiger partial charge in [-0.1, -0.05) is 43.6 Å². The van der Waals surface area contributed by atoms with E-state index in [2.05, 4.69) is 40.9 Å². The number of rotatable bonds is 7. The fourth-order valence-electron chi connectivity index (χ4n) is 3.02. The maximum Gasteiger partial charge on any atom is 0.262 e. The van der Waals surface area contributed by atoms with Gasteiger partial charge in [-0.3, -0.25) is 9.69 Å². The molecule has 0 radical (unpaired) electrons. The number of likely N-dealkylation sites (N-methyl/N-ethyl adjacent to an activating group) is 1. The maximum absolute atomic E-state index is 12.7. The largest absolute Gasteiger partial charge is 0.349 e. The van der Waals surface area contributed by atoms with Gasteiger partial charge in [-0.2, -0.15) is 11.3 Å². The van der Waals surface area contributed by atoms with E-state index in [9.17, 15) is 4.79 Å². The highest BCUT2D eigenvalue weighted by molar-refractivity contribution is 7.21. The zero-order valence-electron chi connectivity index (χ0n) is 14.3. The molecular weight excluding hydrogens is 372 g/mol. The number of fused-ring (bicyclic) bond motifs is 1. The Labute approximate surface area is 161 Å². The third kappa shape index (κ3) is 3.90. The van der Waals surface area contributed by atoms with Crippen LogP contribution in [-0.4, -0.2) is 30.4 Å². The summed E-state index contributed by atoms with van der Waals surface area (Å²) in [5.41, 5.74) is 1.25. The highest BCUT2D eigenvalue weighted by Gasteiger charge is 2.22. The van der Waals surface area contributed by atoms with E-state index < -0.39 is 0 Å². The molecule has 1 atom stereocenters. The van der Waals surface area contributed by atoms with Crippen LogP contribution < -0.4 is 5.32 Å². The predicted octanol–water partition coefficient (Wildman–Crippen LogP) is 5.43. The molecule has 25 heavy (non-hydrogen) atoms. The molecule has 0 aliphatic rings. The molecule has 1 aromatic carbocycles. The molecule has 6 heteroatoms. The van der Waals surface area contributed by atoms with Crippen LogP contribution in [0.15, 0.2) is 41.1 Å². The van der Waals surface area contributed by atoms with Crippen LogP contribution in [0.25, 0.3) is 10.1 Å². The summed E-state index contributed by atoms with van der Waals surface area (Å²) in [5.74, 6) is -0.0985. The molecule has 2 heterocycles. The van der Waals surface area contributed by atoms with Gasteiger partial charge < -0.3 is 5.32 Å². The van der Waals surface area contributed by atoms with Gasteiger partial charge in [-0.05, 0) is 41.5 Å². The smallest absolute Gasteiger partial charge is 0.262 e. The molecule has 0 fully saturated rings. The highest BCUT2D eigenvalue weighted by atomic mass is 35.5. The summed E-state index contributed by atoms with van der Waals surface area (Å²) in [4.78, 5) is 15.7. The van der Waals surface area contributed by atoms with Crippen molar-refractivity contribution >= 4 is 50.3 Å². The fraction of sp³-hybridized carbons (Fsp3) is 0.316. The van der Waals surface area contributed by atoms with Gasteiger partial charge >= 0.3 is 0 Å². The SMILES string of the molecule is CCN(CC)C(CNC(=O)c1sc2ccccc2c1Cl)c1ccsc1. The molecule has 2 aromatic heterocycles. The summed E-state index contributed by atoms with van der Waals surface area (Å²) in [6.45, 7) is 6.75. The van der Waals surface area contributed by atoms with Crippen molar-refractivity contribution < 1.29 is 4.79 Å². The van der Waals surface area contributed by atoms with Crippen LogP contribution in [0.1, 0.15) is 35.1 Å². The summed E-state index contributed by atoms with van der Waals surface area (Å²) >= 11 is 9.55. The van der Waals surface area contributed by atoms with E-state index in [0.717, 1.165) is 23.2 Å². The zero-order valence-corrected chi connectivity index (χ0v) is 16.7. The lowest BCUT2D eigenvalue weighted by Gasteiger charge is -2.29. The molecule has 0 aliphatic carbocycles. The number of nitrogens with zero attached hydrogens (tertiary/aromatic N) is 1. The minimum atomic E-state index is -0.0985. The number of thiophene rings is 2. The Kier molecular flexibility index (Phi) is 6.12. The predicted molar refractivity (Wildman–Crippen MR) is 109 cm³/mol. The minimum Gasteiger partial charge on any atom is -0.349 e. The van der Waals surface area contributed by atoms with E-state index in [1.165, 1.54) is 16.9 Å². The monoisotopic (exact) mass is 392 g/mol. The van der Waals surface area contributed by atoms with Crippen molar-refractivity contribution in [2.24, 2.45) is 0 Å². The average molecular weight is 393 g/mol. The number of carbonyl (C=O) groups is 1. The summed E-state index contributed by atoms with van der Waals surface area (Å²) < 4.78 is 1.04. The van der Waals surface area contributed by atoms with Crippen LogP contribution in [0.2, 0.25) is 5.02 Å². The third-order valence-electron chi connectivity index (χ3n) is 4.38. The van der Waals surface area contributed by atoms with Gasteiger partial charge in [-0.15, -0.1) is 11.3 Å². The molecule has 3 nitrogen and oxygen atoms in total. The van der Waals surface area contributed by atoms with Crippen molar-refractivity contribution in [3.63, 3.8) is 0 Å². The Hall–Kier alpha value is -1.40. The van der Waals surface area contributed by atoms with Gasteiger partial charge in [0.2, 0.25) is 0 Å². The first kappa shape index (κ1) is 18.4. The molecule has 1 N–H and O–H groups in total. The van der Waals surface area contributed by atoms with Crippen molar-refractivity contribution in [1.29, 1.82) is 0 Å². The Morgan fingerprint density at radius 1 is 1.24 bits per heavy atom. The highest BCUT2D eigenvalue weighted by Crippen LogP contribution is 2.35. The first-order valence-electron chi connectivity index (χ1n) is 8.37. The number of hydrogen-bond acceptors (Lipinski definition) is 4. The lowest BCUT2D eigenvalue weighted by molar-refractivity contribution is 0.0939. The normalized spacial score (nSPS) is 12.6. The van der Waals surface area contributed by atoms with E-state index >= 15 is 0 Å². The van der Waals surface area contributed by atoms with Crippen molar-refractivity contribution in [2.75, 3.05) is 19.6 Å². The summed E-state index contributed by atoms with van der Waals surface area (Å²) in [6, 6.07) is 10.2. The van der Waals surface area contributed by atoms with E-state index in [4.69, 9.17) is 11.6 Å². The summed E-state index contributed by atoms with van der Waals surface area (Å²) in [6.07, 6.45) is 0. The van der Waals surface area contributed by atoms with Crippen molar-refractivity contribution in [1.82, 2.24) is 10.2 Å². The van der Waals surface area contributed by atoms with Crippen LogP contribution in [0.3, 0.4) is 0 Å². The van der Waals surface area contributed by atoms with Gasteiger partial charge in [0, 0.05) is 16.6 Å². The van der Waals surface area contributed by atoms with Gasteiger partial charge in [0.1, 0.15) is 4.88 Å². The van der Waals surface area contributed by atoms with Gasteiger partial charge in [0.05, 0.1) is 11.1 Å². The zero-order chi connectivity index (χ0) is 17.8. The van der Waals surface area contributed by atoms with Gasteiger partial charge in [-0.25, -0.2) is 0 Å². The van der Waals surface area contributed by atoms with Crippen LogP contribution in [0, 0.1) is 0 Å². The quantitative estimate of drug-likeness (QED) is 0.581. The Bertz CT molecular complexity index is 840. The van der Waals surface area contributed by atoms with Gasteiger partial charge in [0.15, 0.2) is 0 Å². The number of amides is 1. The molecule has 0 aliphatic heterocycles. The van der Waals surface area contributed by atoms with E-state index in [1.54, 1.807) is 11.3 Å². The van der Waals surface area contributed by atoms with E-state index in [1.807, 2.05) is 24.3 Å². The molecule has 1 unspecified atom stereocenters. The first-order valence-corrected chi connectivity index (χ1v) is 10.5. The molecular formula is C19H21ClN2OS2. The van der Waals surface area contributed by atoms with E-state index in [-0.39, 0.29) is 11.9 Å². The third-order valence-corrected chi connectivity index (χ3v) is 6.75. The second kappa shape index (κ2) is 8.32. The van der Waals surface area contributed by atoms with Crippen molar-refractivity contribution in [3.8, 4) is 0 Å². The second-order valence-corrected chi connectivity index (χ2v) is 7.96. The Balaban J connectivity index is 1.78. The first-order chi connectivity index (χ1) is 12.2. The molecule has 0 saturated heterocycles. The molecule has 0 spiro atoms. The lowest BCUT2D eigenvalue weighted by Crippen LogP contribution is -2.37. The van der Waals surface area contributed by atoms with Crippen LogP contribution in [0.4, 0.5) is 0 Å². The minimum absolute atomic E-state index is 0.0985. The molecule has 3 rings (SSSR count). The molecule has 3 aromatic rings. The average Bonchev–Trinajstić information content (AvgIpc) is 3.27. The van der Waals surface area contributed by atoms with Crippen molar-refractivity contribution in [2.45, 2.75) is 19.9 Å². The lowest BCUT2D eigenvalue weighted by atomic mass is 10.1. The van der Waals surface area contributed by atoms with Crippen LogP contribution in [0.5, 0.6) is 0 Å². The van der Waals surface area contributed by atoms with Crippen LogP contribution >= 0.6 is 34.3 Å². The molecule has 1 amide bonds. The Morgan fingerprint density at radius 2 is 2.00 bits per heavy atom. The topological polar surface area (TPSA) is 32.3 Å². The molecule has 0 saturated carbocycles. The number of benzene rings is 1. The van der Waals surface area contributed by atoms with Crippen LogP contribution in [-0.2, 0) is 0 Å². The summed E-state index contributed by atoms with van der Waals surface area (Å²) in [7, 11) is 0. The van der Waals surface area contributed by atoms with Gasteiger partial charge in [0.25, 0.3) is 5.91 Å². The fourth-order valence-corrected chi connectivity index (χ4v) is 5.16. The van der Waals surface area contributed by atoms with E-state index in [0.29, 0.717) is 16.4 Å². The number of carbonyl (C=O) groups excluding carboxylic acids is 1. The summed E-state index contributed by atoms with van der Waals surface area (Å²) in [5, 5.41) is 8.81.